The van der Waals surface area contributed by atoms with Crippen LogP contribution >= 0.6 is 11.5 Å². The summed E-state index contributed by atoms with van der Waals surface area (Å²) in [5.74, 6) is -2.00. The first-order valence-corrected chi connectivity index (χ1v) is 10.6. The molecule has 0 aliphatic heterocycles. The summed E-state index contributed by atoms with van der Waals surface area (Å²) in [5, 5.41) is 6.27. The SMILES string of the molecule is CNC(=O)[C@H]1CCCC[C@H]1NC(=O)c1nsc2ccc(-c3cc(F)cc(F)c3)cc12. The predicted octanol–water partition coefficient (Wildman–Crippen LogP) is 4.28. The maximum atomic E-state index is 13.6. The molecule has 1 heterocycles. The topological polar surface area (TPSA) is 71.1 Å². The molecule has 156 valence electrons. The van der Waals surface area contributed by atoms with E-state index in [-0.39, 0.29) is 29.5 Å². The molecule has 8 heteroatoms. The molecule has 2 atom stereocenters. The van der Waals surface area contributed by atoms with E-state index in [1.54, 1.807) is 25.2 Å². The van der Waals surface area contributed by atoms with Gasteiger partial charge in [-0.3, -0.25) is 9.59 Å². The average molecular weight is 429 g/mol. The molecular formula is C22H21F2N3O2S. The van der Waals surface area contributed by atoms with E-state index in [4.69, 9.17) is 0 Å². The summed E-state index contributed by atoms with van der Waals surface area (Å²) < 4.78 is 32.3. The third kappa shape index (κ3) is 4.05. The van der Waals surface area contributed by atoms with Gasteiger partial charge in [0.15, 0.2) is 0 Å². The van der Waals surface area contributed by atoms with Crippen molar-refractivity contribution in [3.05, 3.63) is 53.7 Å². The van der Waals surface area contributed by atoms with Crippen molar-refractivity contribution in [1.82, 2.24) is 15.0 Å². The largest absolute Gasteiger partial charge is 0.359 e. The summed E-state index contributed by atoms with van der Waals surface area (Å²) in [7, 11) is 1.60. The second-order valence-corrected chi connectivity index (χ2v) is 8.29. The fraction of sp³-hybridized carbons (Fsp3) is 0.318. The number of hydrogen-bond donors (Lipinski definition) is 2. The standard InChI is InChI=1S/C22H21F2N3O2S/c1-25-21(28)16-4-2-3-5-18(16)26-22(29)20-17-10-12(6-7-19(17)30-27-20)13-8-14(23)11-15(24)9-13/h6-11,16,18H,2-5H2,1H3,(H,25,28)(H,26,29)/t16-,18+/m0/s1. The van der Waals surface area contributed by atoms with E-state index in [2.05, 4.69) is 15.0 Å². The van der Waals surface area contributed by atoms with Crippen molar-refractivity contribution < 1.29 is 18.4 Å². The average Bonchev–Trinajstić information content (AvgIpc) is 3.16. The van der Waals surface area contributed by atoms with E-state index >= 15 is 0 Å². The first-order valence-electron chi connectivity index (χ1n) is 9.84. The van der Waals surface area contributed by atoms with E-state index in [0.29, 0.717) is 16.5 Å². The lowest BCUT2D eigenvalue weighted by Gasteiger charge is -2.30. The predicted molar refractivity (Wildman–Crippen MR) is 112 cm³/mol. The van der Waals surface area contributed by atoms with Crippen molar-refractivity contribution in [3.8, 4) is 11.1 Å². The molecule has 0 unspecified atom stereocenters. The van der Waals surface area contributed by atoms with Crippen molar-refractivity contribution in [2.24, 2.45) is 5.92 Å². The lowest BCUT2D eigenvalue weighted by Crippen LogP contribution is -2.47. The fourth-order valence-corrected chi connectivity index (χ4v) is 4.80. The van der Waals surface area contributed by atoms with Crippen molar-refractivity contribution in [3.63, 3.8) is 0 Å². The van der Waals surface area contributed by atoms with Crippen LogP contribution < -0.4 is 10.6 Å². The first kappa shape index (κ1) is 20.4. The van der Waals surface area contributed by atoms with Gasteiger partial charge in [-0.2, -0.15) is 4.37 Å². The van der Waals surface area contributed by atoms with E-state index in [1.165, 1.54) is 23.7 Å². The molecule has 1 aromatic heterocycles. The molecule has 2 N–H and O–H groups in total. The first-order chi connectivity index (χ1) is 14.5. The summed E-state index contributed by atoms with van der Waals surface area (Å²) >= 11 is 1.19. The highest BCUT2D eigenvalue weighted by Gasteiger charge is 2.32. The highest BCUT2D eigenvalue weighted by molar-refractivity contribution is 7.13. The maximum Gasteiger partial charge on any atom is 0.271 e. The number of rotatable bonds is 4. The summed E-state index contributed by atoms with van der Waals surface area (Å²) in [4.78, 5) is 25.2. The molecule has 30 heavy (non-hydrogen) atoms. The van der Waals surface area contributed by atoms with Crippen LogP contribution in [0, 0.1) is 17.6 Å². The molecule has 0 bridgehead atoms. The number of hydrogen-bond acceptors (Lipinski definition) is 4. The minimum atomic E-state index is -0.663. The van der Waals surface area contributed by atoms with Gasteiger partial charge in [0.05, 0.1) is 10.6 Å². The number of nitrogens with one attached hydrogen (secondary N) is 2. The lowest BCUT2D eigenvalue weighted by molar-refractivity contribution is -0.126. The highest BCUT2D eigenvalue weighted by Crippen LogP contribution is 2.31. The number of amides is 2. The van der Waals surface area contributed by atoms with E-state index in [1.807, 2.05) is 0 Å². The van der Waals surface area contributed by atoms with Crippen LogP contribution in [0.3, 0.4) is 0 Å². The second-order valence-electron chi connectivity index (χ2n) is 7.49. The Balaban J connectivity index is 1.63. The lowest BCUT2D eigenvalue weighted by atomic mass is 9.83. The number of aromatic nitrogens is 1. The molecule has 0 saturated heterocycles. The van der Waals surface area contributed by atoms with Crippen LogP contribution in [0.1, 0.15) is 36.2 Å². The zero-order chi connectivity index (χ0) is 21.3. The van der Waals surface area contributed by atoms with E-state index in [9.17, 15) is 18.4 Å². The molecule has 1 saturated carbocycles. The quantitative estimate of drug-likeness (QED) is 0.651. The van der Waals surface area contributed by atoms with Gasteiger partial charge in [-0.1, -0.05) is 18.9 Å². The van der Waals surface area contributed by atoms with Crippen molar-refractivity contribution >= 4 is 33.4 Å². The van der Waals surface area contributed by atoms with Crippen LogP contribution in [0.5, 0.6) is 0 Å². The Bertz CT molecular complexity index is 1090. The number of benzene rings is 2. The molecule has 0 spiro atoms. The number of carbonyl (C=O) groups is 2. The minimum absolute atomic E-state index is 0.0708. The molecule has 1 aliphatic rings. The molecule has 1 aliphatic carbocycles. The molecule has 2 amide bonds. The van der Waals surface area contributed by atoms with Gasteiger partial charge in [0.1, 0.15) is 17.3 Å². The Morgan fingerprint density at radius 1 is 1.03 bits per heavy atom. The Hall–Kier alpha value is -2.87. The number of carbonyl (C=O) groups excluding carboxylic acids is 2. The van der Waals surface area contributed by atoms with Gasteiger partial charge in [-0.25, -0.2) is 8.78 Å². The van der Waals surface area contributed by atoms with Crippen LogP contribution in [0.4, 0.5) is 8.78 Å². The molecule has 5 nitrogen and oxygen atoms in total. The Labute approximate surface area is 176 Å². The van der Waals surface area contributed by atoms with E-state index in [0.717, 1.165) is 36.4 Å². The zero-order valence-corrected chi connectivity index (χ0v) is 17.2. The molecule has 2 aromatic carbocycles. The number of fused-ring (bicyclic) bond motifs is 1. The van der Waals surface area contributed by atoms with Gasteiger partial charge in [-0.15, -0.1) is 0 Å². The van der Waals surface area contributed by atoms with Crippen LogP contribution in [0.15, 0.2) is 36.4 Å². The third-order valence-electron chi connectivity index (χ3n) is 5.55. The molecule has 4 rings (SSSR count). The third-order valence-corrected chi connectivity index (χ3v) is 6.37. The molecular weight excluding hydrogens is 408 g/mol. The monoisotopic (exact) mass is 429 g/mol. The fourth-order valence-electron chi connectivity index (χ4n) is 4.04. The van der Waals surface area contributed by atoms with Crippen LogP contribution in [0.2, 0.25) is 0 Å². The second kappa shape index (κ2) is 8.47. The van der Waals surface area contributed by atoms with Crippen molar-refractivity contribution in [1.29, 1.82) is 0 Å². The summed E-state index contributed by atoms with van der Waals surface area (Å²) in [6, 6.07) is 8.33. The van der Waals surface area contributed by atoms with Crippen molar-refractivity contribution in [2.45, 2.75) is 31.7 Å². The number of halogens is 2. The highest BCUT2D eigenvalue weighted by atomic mass is 32.1. The van der Waals surface area contributed by atoms with E-state index < -0.39 is 11.6 Å². The van der Waals surface area contributed by atoms with Crippen LogP contribution in [-0.2, 0) is 4.79 Å². The normalized spacial score (nSPS) is 18.9. The number of nitrogens with zero attached hydrogens (tertiary/aromatic N) is 1. The molecule has 0 radical (unpaired) electrons. The van der Waals surface area contributed by atoms with Gasteiger partial charge in [0, 0.05) is 24.5 Å². The Kier molecular flexibility index (Phi) is 5.76. The van der Waals surface area contributed by atoms with Gasteiger partial charge in [-0.05, 0) is 59.8 Å². The van der Waals surface area contributed by atoms with Gasteiger partial charge >= 0.3 is 0 Å². The van der Waals surface area contributed by atoms with Crippen LogP contribution in [-0.4, -0.2) is 29.3 Å². The van der Waals surface area contributed by atoms with Gasteiger partial charge in [0.25, 0.3) is 5.91 Å². The summed E-state index contributed by atoms with van der Waals surface area (Å²) in [5.41, 5.74) is 1.24. The zero-order valence-electron chi connectivity index (χ0n) is 16.4. The Morgan fingerprint density at radius 3 is 2.50 bits per heavy atom. The maximum absolute atomic E-state index is 13.6. The van der Waals surface area contributed by atoms with Gasteiger partial charge in [0.2, 0.25) is 5.91 Å². The van der Waals surface area contributed by atoms with Gasteiger partial charge < -0.3 is 10.6 Å². The molecule has 3 aromatic rings. The minimum Gasteiger partial charge on any atom is -0.359 e. The van der Waals surface area contributed by atoms with Crippen molar-refractivity contribution in [2.75, 3.05) is 7.05 Å². The smallest absolute Gasteiger partial charge is 0.271 e. The van der Waals surface area contributed by atoms with Crippen LogP contribution in [0.25, 0.3) is 21.2 Å². The summed E-state index contributed by atoms with van der Waals surface area (Å²) in [6.07, 6.45) is 3.38. The summed E-state index contributed by atoms with van der Waals surface area (Å²) in [6.45, 7) is 0. The Morgan fingerprint density at radius 2 is 1.77 bits per heavy atom. The molecule has 1 fully saturated rings.